The number of rotatable bonds is 9. The van der Waals surface area contributed by atoms with Crippen LogP contribution in [0.2, 0.25) is 0 Å². The van der Waals surface area contributed by atoms with Crippen LogP contribution >= 0.6 is 0 Å². The molecule has 96 valence electrons. The molecular formula is C13H21NO3. The standard InChI is InChI=1S/C13H21NO3/c1-4-6-8-12(15)14-11(3)10-17-13(16)9-7-5-2/h4-5,11H,1-2,6-10H2,3H3,(H,14,15)/t11-/m0/s1. The largest absolute Gasteiger partial charge is 0.463 e. The molecule has 4 nitrogen and oxygen atoms in total. The van der Waals surface area contributed by atoms with Crippen molar-refractivity contribution in [3.05, 3.63) is 25.3 Å². The monoisotopic (exact) mass is 239 g/mol. The molecule has 1 N–H and O–H groups in total. The topological polar surface area (TPSA) is 55.4 Å². The van der Waals surface area contributed by atoms with Crippen LogP contribution in [0.3, 0.4) is 0 Å². The van der Waals surface area contributed by atoms with Gasteiger partial charge in [0.2, 0.25) is 5.91 Å². The first-order valence-electron chi connectivity index (χ1n) is 5.77. The van der Waals surface area contributed by atoms with Crippen molar-refractivity contribution >= 4 is 11.9 Å². The van der Waals surface area contributed by atoms with Crippen LogP contribution in [0.1, 0.15) is 32.6 Å². The molecule has 0 rings (SSSR count). The average Bonchev–Trinajstić information content (AvgIpc) is 2.31. The molecule has 0 bridgehead atoms. The van der Waals surface area contributed by atoms with Crippen molar-refractivity contribution < 1.29 is 14.3 Å². The van der Waals surface area contributed by atoms with Crippen LogP contribution < -0.4 is 5.32 Å². The Kier molecular flexibility index (Phi) is 8.74. The van der Waals surface area contributed by atoms with Crippen molar-refractivity contribution in [2.45, 2.75) is 38.6 Å². The van der Waals surface area contributed by atoms with Crippen molar-refractivity contribution in [3.8, 4) is 0 Å². The summed E-state index contributed by atoms with van der Waals surface area (Å²) in [5.41, 5.74) is 0. The number of esters is 1. The summed E-state index contributed by atoms with van der Waals surface area (Å²) in [4.78, 5) is 22.5. The van der Waals surface area contributed by atoms with Crippen molar-refractivity contribution in [2.24, 2.45) is 0 Å². The highest BCUT2D eigenvalue weighted by atomic mass is 16.5. The molecule has 1 amide bonds. The lowest BCUT2D eigenvalue weighted by Gasteiger charge is -2.13. The predicted octanol–water partition coefficient (Wildman–Crippen LogP) is 1.97. The molecule has 0 heterocycles. The summed E-state index contributed by atoms with van der Waals surface area (Å²) < 4.78 is 4.99. The summed E-state index contributed by atoms with van der Waals surface area (Å²) in [7, 11) is 0. The number of nitrogens with one attached hydrogen (secondary N) is 1. The maximum absolute atomic E-state index is 11.3. The Hall–Kier alpha value is -1.58. The van der Waals surface area contributed by atoms with Crippen LogP contribution in [0.4, 0.5) is 0 Å². The molecule has 1 atom stereocenters. The summed E-state index contributed by atoms with van der Waals surface area (Å²) in [6, 6.07) is -0.167. The Morgan fingerprint density at radius 2 is 1.82 bits per heavy atom. The van der Waals surface area contributed by atoms with Gasteiger partial charge >= 0.3 is 5.97 Å². The summed E-state index contributed by atoms with van der Waals surface area (Å²) in [6.45, 7) is 9.07. The minimum Gasteiger partial charge on any atom is -0.463 e. The van der Waals surface area contributed by atoms with Crippen molar-refractivity contribution in [2.75, 3.05) is 6.61 Å². The van der Waals surface area contributed by atoms with E-state index in [4.69, 9.17) is 4.74 Å². The molecule has 0 aromatic carbocycles. The lowest BCUT2D eigenvalue weighted by atomic mass is 10.2. The normalized spacial score (nSPS) is 11.4. The average molecular weight is 239 g/mol. The molecule has 0 spiro atoms. The van der Waals surface area contributed by atoms with E-state index in [-0.39, 0.29) is 24.5 Å². The third kappa shape index (κ3) is 9.35. The molecule has 0 aliphatic carbocycles. The maximum atomic E-state index is 11.3. The maximum Gasteiger partial charge on any atom is 0.306 e. The fourth-order valence-electron chi connectivity index (χ4n) is 1.13. The first-order valence-corrected chi connectivity index (χ1v) is 5.77. The van der Waals surface area contributed by atoms with Crippen LogP contribution in [-0.4, -0.2) is 24.5 Å². The Morgan fingerprint density at radius 3 is 2.41 bits per heavy atom. The predicted molar refractivity (Wildman–Crippen MR) is 67.4 cm³/mol. The van der Waals surface area contributed by atoms with E-state index >= 15 is 0 Å². The second-order valence-corrected chi connectivity index (χ2v) is 3.81. The molecule has 0 fully saturated rings. The number of amides is 1. The fraction of sp³-hybridized carbons (Fsp3) is 0.538. The molecule has 17 heavy (non-hydrogen) atoms. The Balaban J connectivity index is 3.67. The van der Waals surface area contributed by atoms with Gasteiger partial charge in [0, 0.05) is 12.8 Å². The summed E-state index contributed by atoms with van der Waals surface area (Å²) in [6.07, 6.45) is 5.37. The number of carbonyl (C=O) groups excluding carboxylic acids is 2. The zero-order chi connectivity index (χ0) is 13.1. The molecule has 0 aliphatic heterocycles. The number of allylic oxidation sites excluding steroid dienone is 2. The zero-order valence-electron chi connectivity index (χ0n) is 10.4. The van der Waals surface area contributed by atoms with E-state index in [9.17, 15) is 9.59 Å². The third-order valence-corrected chi connectivity index (χ3v) is 2.03. The van der Waals surface area contributed by atoms with Gasteiger partial charge in [0.15, 0.2) is 0 Å². The summed E-state index contributed by atoms with van der Waals surface area (Å²) in [5.74, 6) is -0.323. The smallest absolute Gasteiger partial charge is 0.306 e. The molecule has 0 unspecified atom stereocenters. The second-order valence-electron chi connectivity index (χ2n) is 3.81. The van der Waals surface area contributed by atoms with Crippen molar-refractivity contribution in [1.82, 2.24) is 5.32 Å². The highest BCUT2D eigenvalue weighted by molar-refractivity contribution is 5.76. The number of ether oxygens (including phenoxy) is 1. The molecule has 4 heteroatoms. The molecule has 0 aliphatic rings. The van der Waals surface area contributed by atoms with Crippen molar-refractivity contribution in [1.29, 1.82) is 0 Å². The Morgan fingerprint density at radius 1 is 1.24 bits per heavy atom. The van der Waals surface area contributed by atoms with Gasteiger partial charge in [0.05, 0.1) is 6.04 Å². The highest BCUT2D eigenvalue weighted by Crippen LogP contribution is 1.96. The summed E-state index contributed by atoms with van der Waals surface area (Å²) in [5, 5.41) is 2.74. The van der Waals surface area contributed by atoms with Gasteiger partial charge in [-0.25, -0.2) is 0 Å². The van der Waals surface area contributed by atoms with Crippen LogP contribution in [0, 0.1) is 0 Å². The van der Waals surface area contributed by atoms with Gasteiger partial charge < -0.3 is 10.1 Å². The van der Waals surface area contributed by atoms with Crippen LogP contribution in [0.25, 0.3) is 0 Å². The van der Waals surface area contributed by atoms with E-state index in [1.54, 1.807) is 19.1 Å². The summed E-state index contributed by atoms with van der Waals surface area (Å²) >= 11 is 0. The van der Waals surface area contributed by atoms with Crippen molar-refractivity contribution in [3.63, 3.8) is 0 Å². The molecule has 0 saturated carbocycles. The van der Waals surface area contributed by atoms with Gasteiger partial charge in [0.25, 0.3) is 0 Å². The highest BCUT2D eigenvalue weighted by Gasteiger charge is 2.09. The Labute approximate surface area is 103 Å². The molecular weight excluding hydrogens is 218 g/mol. The van der Waals surface area contributed by atoms with E-state index in [1.807, 2.05) is 0 Å². The molecule has 0 radical (unpaired) electrons. The molecule has 0 aromatic rings. The van der Waals surface area contributed by atoms with E-state index in [0.29, 0.717) is 25.7 Å². The van der Waals surface area contributed by atoms with E-state index < -0.39 is 0 Å². The quantitative estimate of drug-likeness (QED) is 0.494. The first kappa shape index (κ1) is 15.4. The van der Waals surface area contributed by atoms with Gasteiger partial charge in [0.1, 0.15) is 6.61 Å². The van der Waals surface area contributed by atoms with E-state index in [2.05, 4.69) is 18.5 Å². The lowest BCUT2D eigenvalue weighted by Crippen LogP contribution is -2.36. The van der Waals surface area contributed by atoms with Gasteiger partial charge in [-0.3, -0.25) is 9.59 Å². The minimum absolute atomic E-state index is 0.0560. The second kappa shape index (κ2) is 9.63. The van der Waals surface area contributed by atoms with Crippen LogP contribution in [0.5, 0.6) is 0 Å². The van der Waals surface area contributed by atoms with Gasteiger partial charge in [-0.15, -0.1) is 13.2 Å². The molecule has 0 aromatic heterocycles. The van der Waals surface area contributed by atoms with Crippen LogP contribution in [0.15, 0.2) is 25.3 Å². The fourth-order valence-corrected chi connectivity index (χ4v) is 1.13. The zero-order valence-corrected chi connectivity index (χ0v) is 10.4. The minimum atomic E-state index is -0.267. The first-order chi connectivity index (χ1) is 8.10. The number of hydrogen-bond donors (Lipinski definition) is 1. The van der Waals surface area contributed by atoms with Gasteiger partial charge in [-0.1, -0.05) is 12.2 Å². The number of carbonyl (C=O) groups is 2. The lowest BCUT2D eigenvalue weighted by molar-refractivity contribution is -0.144. The molecule has 0 saturated heterocycles. The third-order valence-electron chi connectivity index (χ3n) is 2.03. The van der Waals surface area contributed by atoms with Gasteiger partial charge in [-0.05, 0) is 19.8 Å². The number of hydrogen-bond acceptors (Lipinski definition) is 3. The van der Waals surface area contributed by atoms with Gasteiger partial charge in [-0.2, -0.15) is 0 Å². The Bertz CT molecular complexity index is 274. The van der Waals surface area contributed by atoms with E-state index in [0.717, 1.165) is 0 Å². The van der Waals surface area contributed by atoms with Crippen LogP contribution in [-0.2, 0) is 14.3 Å². The van der Waals surface area contributed by atoms with E-state index in [1.165, 1.54) is 0 Å². The SMILES string of the molecule is C=CCCC(=O)N[C@@H](C)COC(=O)CCC=C.